The SMILES string of the molecule is CNS(=O)(=O)c1ccc(CNCC(O)c2ccsc2)o1. The van der Waals surface area contributed by atoms with Crippen molar-refractivity contribution in [1.29, 1.82) is 0 Å². The topological polar surface area (TPSA) is 91.6 Å². The number of rotatable bonds is 7. The standard InChI is InChI=1S/C12H16N2O4S2/c1-13-20(16,17)12-3-2-10(18-12)6-14-7-11(15)9-4-5-19-8-9/h2-5,8,11,13-15H,6-7H2,1H3. The molecule has 0 bridgehead atoms. The lowest BCUT2D eigenvalue weighted by Gasteiger charge is -2.09. The Labute approximate surface area is 121 Å². The van der Waals surface area contributed by atoms with Gasteiger partial charge in [0.1, 0.15) is 5.76 Å². The first kappa shape index (κ1) is 15.2. The summed E-state index contributed by atoms with van der Waals surface area (Å²) in [5.41, 5.74) is 0.861. The van der Waals surface area contributed by atoms with E-state index in [2.05, 4.69) is 10.0 Å². The summed E-state index contributed by atoms with van der Waals surface area (Å²) in [4.78, 5) is 0. The Kier molecular flexibility index (Phi) is 4.95. The molecule has 20 heavy (non-hydrogen) atoms. The van der Waals surface area contributed by atoms with Crippen LogP contribution in [0, 0.1) is 0 Å². The van der Waals surface area contributed by atoms with Gasteiger partial charge in [-0.2, -0.15) is 11.3 Å². The van der Waals surface area contributed by atoms with E-state index in [-0.39, 0.29) is 5.09 Å². The number of sulfonamides is 1. The van der Waals surface area contributed by atoms with Crippen molar-refractivity contribution in [2.45, 2.75) is 17.7 Å². The van der Waals surface area contributed by atoms with Gasteiger partial charge in [0, 0.05) is 6.54 Å². The molecule has 2 heterocycles. The van der Waals surface area contributed by atoms with Crippen LogP contribution in [-0.2, 0) is 16.6 Å². The van der Waals surface area contributed by atoms with E-state index in [4.69, 9.17) is 4.42 Å². The average molecular weight is 316 g/mol. The van der Waals surface area contributed by atoms with Gasteiger partial charge in [0.05, 0.1) is 12.6 Å². The number of hydrogen-bond donors (Lipinski definition) is 3. The van der Waals surface area contributed by atoms with Gasteiger partial charge in [0.25, 0.3) is 10.0 Å². The van der Waals surface area contributed by atoms with Crippen molar-refractivity contribution >= 4 is 21.4 Å². The zero-order valence-electron chi connectivity index (χ0n) is 10.9. The normalized spacial score (nSPS) is 13.5. The minimum Gasteiger partial charge on any atom is -0.447 e. The van der Waals surface area contributed by atoms with Gasteiger partial charge in [-0.3, -0.25) is 0 Å². The average Bonchev–Trinajstić information content (AvgIpc) is 3.10. The highest BCUT2D eigenvalue weighted by molar-refractivity contribution is 7.89. The molecule has 1 unspecified atom stereocenters. The highest BCUT2D eigenvalue weighted by atomic mass is 32.2. The summed E-state index contributed by atoms with van der Waals surface area (Å²) < 4.78 is 30.4. The third-order valence-electron chi connectivity index (χ3n) is 2.74. The van der Waals surface area contributed by atoms with Crippen LogP contribution in [0.15, 0.2) is 38.5 Å². The lowest BCUT2D eigenvalue weighted by Crippen LogP contribution is -2.20. The van der Waals surface area contributed by atoms with Gasteiger partial charge in [0.2, 0.25) is 5.09 Å². The number of hydrogen-bond acceptors (Lipinski definition) is 6. The van der Waals surface area contributed by atoms with Crippen molar-refractivity contribution in [3.05, 3.63) is 40.3 Å². The van der Waals surface area contributed by atoms with Gasteiger partial charge in [-0.05, 0) is 41.6 Å². The van der Waals surface area contributed by atoms with Gasteiger partial charge >= 0.3 is 0 Å². The zero-order chi connectivity index (χ0) is 14.6. The largest absolute Gasteiger partial charge is 0.447 e. The molecule has 3 N–H and O–H groups in total. The van der Waals surface area contributed by atoms with E-state index >= 15 is 0 Å². The fraction of sp³-hybridized carbons (Fsp3) is 0.333. The fourth-order valence-corrected chi connectivity index (χ4v) is 2.98. The van der Waals surface area contributed by atoms with Crippen LogP contribution in [0.4, 0.5) is 0 Å². The van der Waals surface area contributed by atoms with Crippen molar-refractivity contribution in [3.63, 3.8) is 0 Å². The number of thiophene rings is 1. The predicted molar refractivity (Wildman–Crippen MR) is 75.9 cm³/mol. The van der Waals surface area contributed by atoms with Crippen molar-refractivity contribution in [2.75, 3.05) is 13.6 Å². The predicted octanol–water partition coefficient (Wildman–Crippen LogP) is 1.07. The van der Waals surface area contributed by atoms with Crippen LogP contribution >= 0.6 is 11.3 Å². The van der Waals surface area contributed by atoms with Crippen molar-refractivity contribution in [2.24, 2.45) is 0 Å². The van der Waals surface area contributed by atoms with Crippen molar-refractivity contribution in [1.82, 2.24) is 10.0 Å². The molecule has 0 amide bonds. The van der Waals surface area contributed by atoms with Crippen LogP contribution in [0.2, 0.25) is 0 Å². The molecule has 0 radical (unpaired) electrons. The first-order valence-electron chi connectivity index (χ1n) is 5.96. The van der Waals surface area contributed by atoms with Crippen molar-refractivity contribution in [3.8, 4) is 0 Å². The summed E-state index contributed by atoms with van der Waals surface area (Å²) in [6.45, 7) is 0.714. The van der Waals surface area contributed by atoms with Gasteiger partial charge in [-0.1, -0.05) is 0 Å². The van der Waals surface area contributed by atoms with Crippen LogP contribution in [0.5, 0.6) is 0 Å². The van der Waals surface area contributed by atoms with Crippen LogP contribution in [-0.4, -0.2) is 27.1 Å². The second-order valence-electron chi connectivity index (χ2n) is 4.13. The van der Waals surface area contributed by atoms with Gasteiger partial charge in [-0.25, -0.2) is 13.1 Å². The molecule has 2 rings (SSSR count). The van der Waals surface area contributed by atoms with Gasteiger partial charge < -0.3 is 14.8 Å². The lowest BCUT2D eigenvalue weighted by atomic mass is 10.2. The molecular formula is C12H16N2O4S2. The summed E-state index contributed by atoms with van der Waals surface area (Å²) in [5.74, 6) is 0.497. The van der Waals surface area contributed by atoms with Crippen LogP contribution in [0.25, 0.3) is 0 Å². The number of furan rings is 1. The molecule has 0 aliphatic carbocycles. The van der Waals surface area contributed by atoms with E-state index in [1.54, 1.807) is 6.07 Å². The summed E-state index contributed by atoms with van der Waals surface area (Å²) in [6.07, 6.45) is -0.586. The third-order valence-corrected chi connectivity index (χ3v) is 4.72. The molecule has 0 aliphatic rings. The molecule has 0 fully saturated rings. The van der Waals surface area contributed by atoms with Crippen LogP contribution < -0.4 is 10.0 Å². The van der Waals surface area contributed by atoms with E-state index in [1.165, 1.54) is 24.5 Å². The Morgan fingerprint density at radius 3 is 2.85 bits per heavy atom. The van der Waals surface area contributed by atoms with E-state index in [1.807, 2.05) is 16.8 Å². The molecule has 2 aromatic heterocycles. The fourth-order valence-electron chi connectivity index (χ4n) is 1.61. The third kappa shape index (κ3) is 3.68. The lowest BCUT2D eigenvalue weighted by molar-refractivity contribution is 0.173. The smallest absolute Gasteiger partial charge is 0.273 e. The Morgan fingerprint density at radius 1 is 1.40 bits per heavy atom. The maximum Gasteiger partial charge on any atom is 0.273 e. The number of aliphatic hydroxyl groups is 1. The van der Waals surface area contributed by atoms with Gasteiger partial charge in [-0.15, -0.1) is 0 Å². The van der Waals surface area contributed by atoms with E-state index in [9.17, 15) is 13.5 Å². The first-order chi connectivity index (χ1) is 9.53. The molecule has 0 aromatic carbocycles. The molecule has 0 saturated heterocycles. The maximum atomic E-state index is 11.5. The Hall–Kier alpha value is -1.19. The van der Waals surface area contributed by atoms with E-state index in [0.717, 1.165) is 5.56 Å². The Morgan fingerprint density at radius 2 is 2.20 bits per heavy atom. The molecule has 2 aromatic rings. The summed E-state index contributed by atoms with van der Waals surface area (Å²) in [7, 11) is -2.22. The molecule has 8 heteroatoms. The van der Waals surface area contributed by atoms with Crippen molar-refractivity contribution < 1.29 is 17.9 Å². The van der Waals surface area contributed by atoms with Gasteiger partial charge in [0.15, 0.2) is 0 Å². The molecule has 6 nitrogen and oxygen atoms in total. The minimum absolute atomic E-state index is 0.116. The number of nitrogens with one attached hydrogen (secondary N) is 2. The monoisotopic (exact) mass is 316 g/mol. The first-order valence-corrected chi connectivity index (χ1v) is 8.38. The summed E-state index contributed by atoms with van der Waals surface area (Å²) >= 11 is 1.53. The maximum absolute atomic E-state index is 11.5. The quantitative estimate of drug-likeness (QED) is 0.711. The highest BCUT2D eigenvalue weighted by Crippen LogP contribution is 2.16. The Bertz CT molecular complexity index is 634. The molecule has 0 spiro atoms. The highest BCUT2D eigenvalue weighted by Gasteiger charge is 2.16. The zero-order valence-corrected chi connectivity index (χ0v) is 12.5. The molecule has 0 saturated carbocycles. The Balaban J connectivity index is 1.86. The summed E-state index contributed by atoms with van der Waals surface area (Å²) in [6, 6.07) is 4.86. The molecular weight excluding hydrogens is 300 g/mol. The summed E-state index contributed by atoms with van der Waals surface area (Å²) in [5, 5.41) is 16.6. The molecule has 110 valence electrons. The molecule has 0 aliphatic heterocycles. The number of aliphatic hydroxyl groups excluding tert-OH is 1. The van der Waals surface area contributed by atoms with Crippen LogP contribution in [0.3, 0.4) is 0 Å². The van der Waals surface area contributed by atoms with Crippen LogP contribution in [0.1, 0.15) is 17.4 Å². The second kappa shape index (κ2) is 6.51. The van der Waals surface area contributed by atoms with E-state index < -0.39 is 16.1 Å². The second-order valence-corrected chi connectivity index (χ2v) is 6.73. The minimum atomic E-state index is -3.55. The van der Waals surface area contributed by atoms with E-state index in [0.29, 0.717) is 18.8 Å². The molecule has 1 atom stereocenters.